The summed E-state index contributed by atoms with van der Waals surface area (Å²) in [4.78, 5) is 0. The number of allylic oxidation sites excluding steroid dienone is 1. The highest BCUT2D eigenvalue weighted by molar-refractivity contribution is 7.30. The topological polar surface area (TPSA) is 0 Å². The van der Waals surface area contributed by atoms with Crippen molar-refractivity contribution in [3.8, 4) is 0 Å². The van der Waals surface area contributed by atoms with Gasteiger partial charge in [-0.15, -0.1) is 0 Å². The molecule has 2 rings (SSSR count). The van der Waals surface area contributed by atoms with Gasteiger partial charge in [0, 0.05) is 0 Å². The fourth-order valence-corrected chi connectivity index (χ4v) is 1.93. The minimum absolute atomic E-state index is 1.16. The monoisotopic (exact) mass is 134 g/mol. The summed E-state index contributed by atoms with van der Waals surface area (Å²) in [6, 6.07) is 4.30. The van der Waals surface area contributed by atoms with E-state index in [1.54, 1.807) is 5.30 Å². The van der Waals surface area contributed by atoms with E-state index in [-0.39, 0.29) is 0 Å². The number of hydrogen-bond acceptors (Lipinski definition) is 0. The summed E-state index contributed by atoms with van der Waals surface area (Å²) in [5.41, 5.74) is 1.43. The van der Waals surface area contributed by atoms with Gasteiger partial charge in [-0.05, 0) is 23.1 Å². The van der Waals surface area contributed by atoms with Crippen LogP contribution in [-0.4, -0.2) is 0 Å². The highest BCUT2D eigenvalue weighted by Gasteiger charge is 2.01. The van der Waals surface area contributed by atoms with Crippen LogP contribution < -0.4 is 0 Å². The highest BCUT2D eigenvalue weighted by Crippen LogP contribution is 2.25. The normalized spacial score (nSPS) is 14.7. The standard InChI is InChI=1S/C8H7P/c1-3-7-4-2-6-9-8(7)5-1/h1-4,6H,5H2. The third-order valence-electron chi connectivity index (χ3n) is 1.53. The summed E-state index contributed by atoms with van der Waals surface area (Å²) in [5, 5.41) is 1.55. The van der Waals surface area contributed by atoms with Gasteiger partial charge in [-0.1, -0.05) is 32.5 Å². The van der Waals surface area contributed by atoms with Crippen LogP contribution in [-0.2, 0) is 6.42 Å². The van der Waals surface area contributed by atoms with Crippen LogP contribution in [0.3, 0.4) is 0 Å². The molecule has 9 heavy (non-hydrogen) atoms. The maximum atomic E-state index is 2.22. The van der Waals surface area contributed by atoms with E-state index in [0.29, 0.717) is 0 Å². The van der Waals surface area contributed by atoms with E-state index in [1.807, 2.05) is 0 Å². The molecule has 0 aliphatic heterocycles. The molecule has 0 radical (unpaired) electrons. The van der Waals surface area contributed by atoms with Crippen molar-refractivity contribution in [1.82, 2.24) is 0 Å². The zero-order valence-corrected chi connectivity index (χ0v) is 5.94. The molecule has 44 valence electrons. The Morgan fingerprint density at radius 1 is 1.44 bits per heavy atom. The van der Waals surface area contributed by atoms with Crippen molar-refractivity contribution in [3.05, 3.63) is 34.9 Å². The van der Waals surface area contributed by atoms with E-state index < -0.39 is 0 Å². The molecule has 0 N–H and O–H groups in total. The van der Waals surface area contributed by atoms with Gasteiger partial charge in [-0.2, -0.15) is 0 Å². The molecule has 0 spiro atoms. The lowest BCUT2D eigenvalue weighted by atomic mass is 10.3. The molecule has 1 heteroatoms. The van der Waals surface area contributed by atoms with Crippen LogP contribution in [0.15, 0.2) is 24.0 Å². The summed E-state index contributed by atoms with van der Waals surface area (Å²) in [6.45, 7) is 0. The Kier molecular flexibility index (Phi) is 1.13. The lowest BCUT2D eigenvalue weighted by Crippen LogP contribution is -1.71. The van der Waals surface area contributed by atoms with Crippen molar-refractivity contribution >= 4 is 14.3 Å². The molecular formula is C8H7P. The third-order valence-corrected chi connectivity index (χ3v) is 2.61. The van der Waals surface area contributed by atoms with Gasteiger partial charge in [-0.25, -0.2) is 0 Å². The maximum Gasteiger partial charge on any atom is -0.00444 e. The Morgan fingerprint density at radius 3 is 3.33 bits per heavy atom. The molecular weight excluding hydrogens is 127 g/mol. The van der Waals surface area contributed by atoms with Gasteiger partial charge in [0.25, 0.3) is 0 Å². The van der Waals surface area contributed by atoms with Crippen molar-refractivity contribution in [2.75, 3.05) is 0 Å². The van der Waals surface area contributed by atoms with Gasteiger partial charge in [0.15, 0.2) is 0 Å². The summed E-state index contributed by atoms with van der Waals surface area (Å²) in [6.07, 6.45) is 5.59. The highest BCUT2D eigenvalue weighted by atomic mass is 31.0. The largest absolute Gasteiger partial charge is 0.0791 e. The van der Waals surface area contributed by atoms with E-state index in [2.05, 4.69) is 30.1 Å². The molecule has 1 aromatic heterocycles. The second-order valence-corrected chi connectivity index (χ2v) is 3.24. The first-order valence-corrected chi connectivity index (χ1v) is 4.03. The molecule has 1 aliphatic rings. The second-order valence-electron chi connectivity index (χ2n) is 2.15. The molecule has 0 bridgehead atoms. The van der Waals surface area contributed by atoms with E-state index >= 15 is 0 Å². The average Bonchev–Trinajstić information content (AvgIpc) is 2.33. The molecule has 0 fully saturated rings. The smallest absolute Gasteiger partial charge is 0.00444 e. The molecule has 0 unspecified atom stereocenters. The second kappa shape index (κ2) is 1.97. The van der Waals surface area contributed by atoms with E-state index in [0.717, 1.165) is 6.42 Å². The molecule has 1 aromatic rings. The molecule has 1 heterocycles. The van der Waals surface area contributed by atoms with E-state index in [9.17, 15) is 0 Å². The van der Waals surface area contributed by atoms with Crippen LogP contribution in [0.5, 0.6) is 0 Å². The number of rotatable bonds is 0. The van der Waals surface area contributed by atoms with E-state index in [4.69, 9.17) is 0 Å². The van der Waals surface area contributed by atoms with Gasteiger partial charge < -0.3 is 0 Å². The van der Waals surface area contributed by atoms with Crippen molar-refractivity contribution in [3.63, 3.8) is 0 Å². The van der Waals surface area contributed by atoms with Gasteiger partial charge in [0.1, 0.15) is 0 Å². The fourth-order valence-electron chi connectivity index (χ4n) is 1.07. The lowest BCUT2D eigenvalue weighted by molar-refractivity contribution is 1.39. The zero-order chi connectivity index (χ0) is 6.10. The Morgan fingerprint density at radius 2 is 2.44 bits per heavy atom. The van der Waals surface area contributed by atoms with Crippen LogP contribution in [0.1, 0.15) is 10.9 Å². The first kappa shape index (κ1) is 5.20. The molecule has 0 nitrogen and oxygen atoms in total. The summed E-state index contributed by atoms with van der Waals surface area (Å²) in [5.74, 6) is 2.19. The van der Waals surface area contributed by atoms with Gasteiger partial charge in [0.2, 0.25) is 0 Å². The molecule has 0 saturated carbocycles. The molecule has 1 aliphatic carbocycles. The van der Waals surface area contributed by atoms with Gasteiger partial charge in [0.05, 0.1) is 0 Å². The van der Waals surface area contributed by atoms with E-state index in [1.165, 1.54) is 13.8 Å². The van der Waals surface area contributed by atoms with Crippen LogP contribution in [0.4, 0.5) is 0 Å². The Labute approximate surface area is 56.3 Å². The third kappa shape index (κ3) is 0.799. The predicted octanol–water partition coefficient (Wildman–Crippen LogP) is 2.84. The van der Waals surface area contributed by atoms with Crippen LogP contribution in [0.25, 0.3) is 6.08 Å². The number of fused-ring (bicyclic) bond motifs is 1. The average molecular weight is 134 g/mol. The molecule has 0 aromatic carbocycles. The molecule has 0 saturated heterocycles. The zero-order valence-electron chi connectivity index (χ0n) is 5.04. The molecule has 0 atom stereocenters. The van der Waals surface area contributed by atoms with Crippen LogP contribution in [0, 0.1) is 0 Å². The fraction of sp³-hybridized carbons (Fsp3) is 0.125. The maximum absolute atomic E-state index is 2.22. The van der Waals surface area contributed by atoms with Crippen molar-refractivity contribution in [2.45, 2.75) is 6.42 Å². The SMILES string of the molecule is C1=Cc2cccpc2C1. The summed E-state index contributed by atoms with van der Waals surface area (Å²) >= 11 is 0. The first-order chi connectivity index (χ1) is 4.47. The Hall–Kier alpha value is -0.610. The van der Waals surface area contributed by atoms with Crippen LogP contribution in [0.2, 0.25) is 0 Å². The van der Waals surface area contributed by atoms with Gasteiger partial charge in [-0.3, -0.25) is 0 Å². The number of hydrogen-bond donors (Lipinski definition) is 0. The Bertz CT molecular complexity index is 250. The van der Waals surface area contributed by atoms with Crippen molar-refractivity contribution in [1.29, 1.82) is 0 Å². The predicted molar refractivity (Wildman–Crippen MR) is 41.7 cm³/mol. The minimum atomic E-state index is 1.16. The first-order valence-electron chi connectivity index (χ1n) is 3.07. The van der Waals surface area contributed by atoms with Gasteiger partial charge >= 0.3 is 0 Å². The quantitative estimate of drug-likeness (QED) is 0.511. The lowest BCUT2D eigenvalue weighted by Gasteiger charge is -1.92. The van der Waals surface area contributed by atoms with Crippen molar-refractivity contribution in [2.24, 2.45) is 0 Å². The summed E-state index contributed by atoms with van der Waals surface area (Å²) in [7, 11) is 1.39. The van der Waals surface area contributed by atoms with Crippen LogP contribution >= 0.6 is 8.19 Å². The molecule has 0 amide bonds. The Balaban J connectivity index is 2.63. The van der Waals surface area contributed by atoms with Crippen molar-refractivity contribution < 1.29 is 0 Å². The minimum Gasteiger partial charge on any atom is -0.0791 e. The summed E-state index contributed by atoms with van der Waals surface area (Å²) < 4.78 is 0.